The Morgan fingerprint density at radius 1 is 1.28 bits per heavy atom. The summed E-state index contributed by atoms with van der Waals surface area (Å²) in [5, 5.41) is 6.65. The molecule has 0 radical (unpaired) electrons. The fraction of sp³-hybridized carbons (Fsp3) is 0.636. The minimum atomic E-state index is -0.358. The second kappa shape index (κ2) is 11.6. The molecule has 29 heavy (non-hydrogen) atoms. The van der Waals surface area contributed by atoms with Crippen molar-refractivity contribution >= 4 is 11.9 Å². The van der Waals surface area contributed by atoms with Gasteiger partial charge < -0.3 is 20.3 Å². The van der Waals surface area contributed by atoms with Crippen molar-refractivity contribution in [2.24, 2.45) is 10.9 Å². The Hall–Kier alpha value is -2.31. The molecular formula is C22H35FN4O2. The molecule has 1 fully saturated rings. The molecule has 6 nitrogen and oxygen atoms in total. The number of nitrogens with zero attached hydrogens (tertiary/aromatic N) is 2. The lowest BCUT2D eigenvalue weighted by molar-refractivity contribution is -0.136. The minimum absolute atomic E-state index is 0.142. The number of amides is 1. The van der Waals surface area contributed by atoms with Gasteiger partial charge in [0, 0.05) is 38.6 Å². The summed E-state index contributed by atoms with van der Waals surface area (Å²) in [4.78, 5) is 18.8. The fourth-order valence-electron chi connectivity index (χ4n) is 3.64. The first kappa shape index (κ1) is 23.0. The van der Waals surface area contributed by atoms with Crippen LogP contribution < -0.4 is 15.4 Å². The molecule has 2 N–H and O–H groups in total. The van der Waals surface area contributed by atoms with E-state index in [0.29, 0.717) is 19.1 Å². The first-order valence-corrected chi connectivity index (χ1v) is 10.7. The van der Waals surface area contributed by atoms with Crippen LogP contribution >= 0.6 is 0 Å². The van der Waals surface area contributed by atoms with Crippen molar-refractivity contribution in [1.29, 1.82) is 0 Å². The van der Waals surface area contributed by atoms with E-state index in [1.165, 1.54) is 6.07 Å². The Morgan fingerprint density at radius 2 is 1.97 bits per heavy atom. The van der Waals surface area contributed by atoms with Gasteiger partial charge in [-0.05, 0) is 50.3 Å². The number of hydrogen-bond acceptors (Lipinski definition) is 3. The number of benzene rings is 1. The van der Waals surface area contributed by atoms with Gasteiger partial charge in [0.25, 0.3) is 0 Å². The quantitative estimate of drug-likeness (QED) is 0.513. The number of carbonyl (C=O) groups excluding carboxylic acids is 1. The summed E-state index contributed by atoms with van der Waals surface area (Å²) in [6.45, 7) is 8.43. The molecule has 1 aliphatic heterocycles. The minimum Gasteiger partial charge on any atom is -0.491 e. The van der Waals surface area contributed by atoms with Crippen LogP contribution in [0.3, 0.4) is 0 Å². The number of halogens is 1. The predicted molar refractivity (Wildman–Crippen MR) is 115 cm³/mol. The first-order valence-electron chi connectivity index (χ1n) is 10.7. The van der Waals surface area contributed by atoms with Gasteiger partial charge in [-0.25, -0.2) is 4.39 Å². The summed E-state index contributed by atoms with van der Waals surface area (Å²) in [6, 6.07) is 5.24. The average Bonchev–Trinajstić information content (AvgIpc) is 2.74. The highest BCUT2D eigenvalue weighted by Crippen LogP contribution is 2.19. The van der Waals surface area contributed by atoms with Crippen molar-refractivity contribution in [1.82, 2.24) is 15.5 Å². The Kier molecular flexibility index (Phi) is 9.22. The maximum absolute atomic E-state index is 14.0. The largest absolute Gasteiger partial charge is 0.491 e. The van der Waals surface area contributed by atoms with Crippen molar-refractivity contribution in [3.8, 4) is 5.75 Å². The summed E-state index contributed by atoms with van der Waals surface area (Å²) in [5.74, 6) is 1.03. The molecule has 1 aliphatic rings. The lowest BCUT2D eigenvalue weighted by Crippen LogP contribution is -2.50. The van der Waals surface area contributed by atoms with Crippen LogP contribution in [0, 0.1) is 11.7 Å². The number of aliphatic imine (C=N–C) groups is 1. The SMILES string of the molecule is CCOc1ccc(CNC(=NC)NC2CCN(C(=O)C(CC)CC)CC2)cc1F. The van der Waals surface area contributed by atoms with Crippen molar-refractivity contribution in [2.45, 2.75) is 59.0 Å². The summed E-state index contributed by atoms with van der Waals surface area (Å²) in [7, 11) is 1.72. The number of nitrogens with one attached hydrogen (secondary N) is 2. The van der Waals surface area contributed by atoms with Crippen LogP contribution in [-0.2, 0) is 11.3 Å². The van der Waals surface area contributed by atoms with E-state index in [4.69, 9.17) is 4.74 Å². The van der Waals surface area contributed by atoms with Gasteiger partial charge in [-0.2, -0.15) is 0 Å². The molecule has 162 valence electrons. The molecule has 1 saturated heterocycles. The highest BCUT2D eigenvalue weighted by Gasteiger charge is 2.26. The van der Waals surface area contributed by atoms with E-state index < -0.39 is 0 Å². The third kappa shape index (κ3) is 6.61. The molecule has 7 heteroatoms. The number of likely N-dealkylation sites (tertiary alicyclic amines) is 1. The second-order valence-electron chi connectivity index (χ2n) is 7.38. The summed E-state index contributed by atoms with van der Waals surface area (Å²) >= 11 is 0. The van der Waals surface area contributed by atoms with E-state index in [-0.39, 0.29) is 29.4 Å². The third-order valence-corrected chi connectivity index (χ3v) is 5.46. The Balaban J connectivity index is 1.81. The topological polar surface area (TPSA) is 66.0 Å². The van der Waals surface area contributed by atoms with E-state index in [9.17, 15) is 9.18 Å². The predicted octanol–water partition coefficient (Wildman–Crippen LogP) is 3.32. The molecule has 0 aliphatic carbocycles. The maximum atomic E-state index is 14.0. The van der Waals surface area contributed by atoms with E-state index in [2.05, 4.69) is 29.5 Å². The Labute approximate surface area is 173 Å². The average molecular weight is 407 g/mol. The van der Waals surface area contributed by atoms with Crippen LogP contribution in [0.15, 0.2) is 23.2 Å². The van der Waals surface area contributed by atoms with E-state index in [1.807, 2.05) is 17.9 Å². The molecule has 0 atom stereocenters. The monoisotopic (exact) mass is 406 g/mol. The molecule has 1 aromatic carbocycles. The summed E-state index contributed by atoms with van der Waals surface area (Å²) in [5.41, 5.74) is 0.819. The Bertz CT molecular complexity index is 683. The fourth-order valence-corrected chi connectivity index (χ4v) is 3.64. The molecule has 2 rings (SSSR count). The van der Waals surface area contributed by atoms with Gasteiger partial charge in [-0.3, -0.25) is 9.79 Å². The van der Waals surface area contributed by atoms with Crippen molar-refractivity contribution < 1.29 is 13.9 Å². The molecule has 0 unspecified atom stereocenters. The lowest BCUT2D eigenvalue weighted by Gasteiger charge is -2.34. The van der Waals surface area contributed by atoms with E-state index in [1.54, 1.807) is 13.1 Å². The highest BCUT2D eigenvalue weighted by molar-refractivity contribution is 5.80. The zero-order valence-corrected chi connectivity index (χ0v) is 18.1. The molecule has 0 bridgehead atoms. The number of carbonyl (C=O) groups is 1. The third-order valence-electron chi connectivity index (χ3n) is 5.46. The molecule has 1 aromatic rings. The molecule has 1 amide bonds. The van der Waals surface area contributed by atoms with Gasteiger partial charge in [0.05, 0.1) is 6.61 Å². The van der Waals surface area contributed by atoms with Crippen LogP contribution in [0.2, 0.25) is 0 Å². The molecule has 0 aromatic heterocycles. The number of rotatable bonds is 8. The molecule has 0 spiro atoms. The zero-order chi connectivity index (χ0) is 21.2. The van der Waals surface area contributed by atoms with Crippen molar-refractivity contribution in [2.75, 3.05) is 26.7 Å². The van der Waals surface area contributed by atoms with Crippen LogP contribution in [0.25, 0.3) is 0 Å². The number of guanidine groups is 1. The lowest BCUT2D eigenvalue weighted by atomic mass is 9.98. The van der Waals surface area contributed by atoms with Crippen LogP contribution in [0.4, 0.5) is 4.39 Å². The molecule has 1 heterocycles. The second-order valence-corrected chi connectivity index (χ2v) is 7.38. The number of hydrogen-bond donors (Lipinski definition) is 2. The van der Waals surface area contributed by atoms with Gasteiger partial charge in [0.15, 0.2) is 17.5 Å². The van der Waals surface area contributed by atoms with Crippen LogP contribution in [0.1, 0.15) is 52.0 Å². The molecule has 0 saturated carbocycles. The Morgan fingerprint density at radius 3 is 2.52 bits per heavy atom. The van der Waals surface area contributed by atoms with Gasteiger partial charge in [0.1, 0.15) is 0 Å². The van der Waals surface area contributed by atoms with Crippen LogP contribution in [-0.4, -0.2) is 49.6 Å². The smallest absolute Gasteiger partial charge is 0.225 e. The number of piperidine rings is 1. The van der Waals surface area contributed by atoms with E-state index >= 15 is 0 Å². The standard InChI is InChI=1S/C22H35FN4O2/c1-5-17(6-2)21(28)27-12-10-18(11-13-27)26-22(24-4)25-15-16-8-9-20(29-7-3)19(23)14-16/h8-9,14,17-18H,5-7,10-13,15H2,1-4H3,(H2,24,25,26). The van der Waals surface area contributed by atoms with Crippen molar-refractivity contribution in [3.05, 3.63) is 29.6 Å². The summed E-state index contributed by atoms with van der Waals surface area (Å²) in [6.07, 6.45) is 3.58. The normalized spacial score (nSPS) is 15.5. The maximum Gasteiger partial charge on any atom is 0.225 e. The van der Waals surface area contributed by atoms with Crippen LogP contribution in [0.5, 0.6) is 5.75 Å². The summed E-state index contributed by atoms with van der Waals surface area (Å²) < 4.78 is 19.2. The van der Waals surface area contributed by atoms with Gasteiger partial charge in [0.2, 0.25) is 5.91 Å². The van der Waals surface area contributed by atoms with Gasteiger partial charge in [-0.1, -0.05) is 19.9 Å². The zero-order valence-electron chi connectivity index (χ0n) is 18.1. The number of ether oxygens (including phenoxy) is 1. The highest BCUT2D eigenvalue weighted by atomic mass is 19.1. The molecular weight excluding hydrogens is 371 g/mol. The first-order chi connectivity index (χ1) is 14.0. The van der Waals surface area contributed by atoms with Gasteiger partial charge >= 0.3 is 0 Å². The van der Waals surface area contributed by atoms with Gasteiger partial charge in [-0.15, -0.1) is 0 Å². The van der Waals surface area contributed by atoms with Crippen molar-refractivity contribution in [3.63, 3.8) is 0 Å². The van der Waals surface area contributed by atoms with E-state index in [0.717, 1.165) is 44.3 Å².